The molecule has 0 aliphatic heterocycles. The van der Waals surface area contributed by atoms with E-state index in [1.165, 1.54) is 6.07 Å². The number of oxazole rings is 1. The van der Waals surface area contributed by atoms with E-state index in [-0.39, 0.29) is 17.4 Å². The summed E-state index contributed by atoms with van der Waals surface area (Å²) >= 11 is 3.16. The van der Waals surface area contributed by atoms with Crippen LogP contribution in [0.25, 0.3) is 22.6 Å². The van der Waals surface area contributed by atoms with E-state index in [4.69, 9.17) is 8.83 Å². The Morgan fingerprint density at radius 3 is 2.74 bits per heavy atom. The van der Waals surface area contributed by atoms with Gasteiger partial charge in [0.15, 0.2) is 16.0 Å². The lowest BCUT2D eigenvalue weighted by Crippen LogP contribution is -2.10. The molecule has 0 saturated heterocycles. The van der Waals surface area contributed by atoms with Crippen molar-refractivity contribution in [2.24, 2.45) is 0 Å². The lowest BCUT2D eigenvalue weighted by atomic mass is 10.1. The van der Waals surface area contributed by atoms with Gasteiger partial charge in [-0.15, -0.1) is 0 Å². The van der Waals surface area contributed by atoms with Crippen LogP contribution in [0.3, 0.4) is 0 Å². The number of furan rings is 1. The second-order valence-electron chi connectivity index (χ2n) is 5.96. The molecule has 7 heteroatoms. The molecule has 0 fully saturated rings. The summed E-state index contributed by atoms with van der Waals surface area (Å²) in [6.45, 7) is 2.07. The molecule has 2 N–H and O–H groups in total. The number of aromatic nitrogens is 1. The lowest BCUT2D eigenvalue weighted by Gasteiger charge is -2.06. The number of nitrogens with one attached hydrogen (secondary N) is 1. The highest BCUT2D eigenvalue weighted by atomic mass is 79.9. The standard InChI is InChI=1S/C20H15BrN2O4/c1-2-11-3-6-16-14(9-11)23-20(27-16)13-10-12(4-5-15(13)24)22-19(25)17-7-8-18(21)26-17/h3-10,24H,2H2,1H3,(H,22,25). The summed E-state index contributed by atoms with van der Waals surface area (Å²) in [6, 6.07) is 13.7. The Kier molecular flexibility index (Phi) is 4.45. The summed E-state index contributed by atoms with van der Waals surface area (Å²) in [4.78, 5) is 16.7. The number of phenols is 1. The quantitative estimate of drug-likeness (QED) is 0.428. The predicted octanol–water partition coefficient (Wildman–Crippen LogP) is 5.37. The molecule has 0 bridgehead atoms. The van der Waals surface area contributed by atoms with E-state index in [0.717, 1.165) is 17.5 Å². The molecular weight excluding hydrogens is 412 g/mol. The van der Waals surface area contributed by atoms with E-state index in [1.54, 1.807) is 24.3 Å². The molecule has 0 aliphatic carbocycles. The van der Waals surface area contributed by atoms with E-state index in [1.807, 2.05) is 18.2 Å². The van der Waals surface area contributed by atoms with Crippen LogP contribution in [0.5, 0.6) is 5.75 Å². The van der Waals surface area contributed by atoms with Gasteiger partial charge in [-0.25, -0.2) is 4.98 Å². The van der Waals surface area contributed by atoms with E-state index in [2.05, 4.69) is 33.2 Å². The predicted molar refractivity (Wildman–Crippen MR) is 105 cm³/mol. The van der Waals surface area contributed by atoms with Crippen LogP contribution in [0.1, 0.15) is 23.0 Å². The van der Waals surface area contributed by atoms with Crippen LogP contribution >= 0.6 is 15.9 Å². The molecule has 0 atom stereocenters. The van der Waals surface area contributed by atoms with E-state index >= 15 is 0 Å². The molecular formula is C20H15BrN2O4. The SMILES string of the molecule is CCc1ccc2oc(-c3cc(NC(=O)c4ccc(Br)o4)ccc3O)nc2c1. The summed E-state index contributed by atoms with van der Waals surface area (Å²) in [5.41, 5.74) is 3.38. The minimum Gasteiger partial charge on any atom is -0.507 e. The van der Waals surface area contributed by atoms with Crippen LogP contribution in [-0.2, 0) is 6.42 Å². The van der Waals surface area contributed by atoms with E-state index in [0.29, 0.717) is 21.5 Å². The Morgan fingerprint density at radius 1 is 1.15 bits per heavy atom. The third-order valence-corrected chi connectivity index (χ3v) is 4.57. The van der Waals surface area contributed by atoms with Crippen LogP contribution in [0.15, 0.2) is 62.0 Å². The van der Waals surface area contributed by atoms with Crippen molar-refractivity contribution >= 4 is 38.6 Å². The number of carbonyl (C=O) groups excluding carboxylic acids is 1. The monoisotopic (exact) mass is 426 g/mol. The van der Waals surface area contributed by atoms with Crippen LogP contribution in [0, 0.1) is 0 Å². The number of hydrogen-bond acceptors (Lipinski definition) is 5. The van der Waals surface area contributed by atoms with Crippen LogP contribution in [0.2, 0.25) is 0 Å². The molecule has 0 saturated carbocycles. The Hall–Kier alpha value is -3.06. The molecule has 2 heterocycles. The Labute approximate surface area is 163 Å². The number of hydrogen-bond donors (Lipinski definition) is 2. The van der Waals surface area contributed by atoms with Gasteiger partial charge in [0.25, 0.3) is 5.91 Å². The van der Waals surface area contributed by atoms with Gasteiger partial charge >= 0.3 is 0 Å². The normalized spacial score (nSPS) is 11.0. The first-order valence-electron chi connectivity index (χ1n) is 8.33. The van der Waals surface area contributed by atoms with Gasteiger partial charge in [0, 0.05) is 5.69 Å². The molecule has 2 aromatic carbocycles. The number of amides is 1. The zero-order valence-corrected chi connectivity index (χ0v) is 15.9. The molecule has 4 rings (SSSR count). The maximum absolute atomic E-state index is 12.2. The smallest absolute Gasteiger partial charge is 0.291 e. The Bertz CT molecular complexity index is 1150. The molecule has 2 aromatic heterocycles. The van der Waals surface area contributed by atoms with Gasteiger partial charge < -0.3 is 19.3 Å². The molecule has 4 aromatic rings. The number of benzene rings is 2. The highest BCUT2D eigenvalue weighted by Crippen LogP contribution is 2.33. The molecule has 0 spiro atoms. The zero-order valence-electron chi connectivity index (χ0n) is 14.3. The third-order valence-electron chi connectivity index (χ3n) is 4.14. The van der Waals surface area contributed by atoms with Gasteiger partial charge in [-0.2, -0.15) is 0 Å². The first-order valence-corrected chi connectivity index (χ1v) is 9.12. The molecule has 6 nitrogen and oxygen atoms in total. The van der Waals surface area contributed by atoms with Gasteiger partial charge in [0.2, 0.25) is 5.89 Å². The number of carbonyl (C=O) groups is 1. The van der Waals surface area contributed by atoms with E-state index < -0.39 is 5.91 Å². The third kappa shape index (κ3) is 3.46. The summed E-state index contributed by atoms with van der Waals surface area (Å²) < 4.78 is 11.5. The molecule has 1 amide bonds. The summed E-state index contributed by atoms with van der Waals surface area (Å²) in [5, 5.41) is 13.0. The number of anilines is 1. The maximum atomic E-state index is 12.2. The maximum Gasteiger partial charge on any atom is 0.291 e. The van der Waals surface area contributed by atoms with Crippen LogP contribution < -0.4 is 5.32 Å². The number of rotatable bonds is 4. The van der Waals surface area contributed by atoms with Crippen LogP contribution in [-0.4, -0.2) is 16.0 Å². The summed E-state index contributed by atoms with van der Waals surface area (Å²) in [5.74, 6) is 0.0663. The fourth-order valence-corrected chi connectivity index (χ4v) is 3.03. The van der Waals surface area contributed by atoms with Gasteiger partial charge in [0.1, 0.15) is 11.3 Å². The van der Waals surface area contributed by atoms with Crippen molar-refractivity contribution in [3.8, 4) is 17.2 Å². The Balaban J connectivity index is 1.67. The summed E-state index contributed by atoms with van der Waals surface area (Å²) in [6.07, 6.45) is 0.897. The van der Waals surface area contributed by atoms with E-state index in [9.17, 15) is 9.90 Å². The average molecular weight is 427 g/mol. The number of halogens is 1. The van der Waals surface area contributed by atoms with Gasteiger partial charge in [0.05, 0.1) is 5.56 Å². The number of fused-ring (bicyclic) bond motifs is 1. The van der Waals surface area contributed by atoms with Gasteiger partial charge in [-0.05, 0) is 70.4 Å². The first kappa shape index (κ1) is 17.4. The zero-order chi connectivity index (χ0) is 19.0. The molecule has 0 radical (unpaired) electrons. The summed E-state index contributed by atoms with van der Waals surface area (Å²) in [7, 11) is 0. The van der Waals surface area contributed by atoms with Crippen molar-refractivity contribution in [1.29, 1.82) is 0 Å². The van der Waals surface area contributed by atoms with Gasteiger partial charge in [-0.1, -0.05) is 13.0 Å². The molecule has 136 valence electrons. The van der Waals surface area contributed by atoms with Crippen LogP contribution in [0.4, 0.5) is 5.69 Å². The number of aromatic hydroxyl groups is 1. The lowest BCUT2D eigenvalue weighted by molar-refractivity contribution is 0.0995. The highest BCUT2D eigenvalue weighted by molar-refractivity contribution is 9.10. The van der Waals surface area contributed by atoms with Crippen molar-refractivity contribution in [2.45, 2.75) is 13.3 Å². The second kappa shape index (κ2) is 6.92. The van der Waals surface area contributed by atoms with Crippen molar-refractivity contribution in [3.63, 3.8) is 0 Å². The number of aryl methyl sites for hydroxylation is 1. The largest absolute Gasteiger partial charge is 0.507 e. The fourth-order valence-electron chi connectivity index (χ4n) is 2.72. The second-order valence-corrected chi connectivity index (χ2v) is 6.75. The van der Waals surface area contributed by atoms with Crippen molar-refractivity contribution in [1.82, 2.24) is 4.98 Å². The molecule has 0 aliphatic rings. The number of phenolic OH excluding ortho intramolecular Hbond substituents is 1. The molecule has 0 unspecified atom stereocenters. The first-order chi connectivity index (χ1) is 13.0. The molecule has 27 heavy (non-hydrogen) atoms. The Morgan fingerprint density at radius 2 is 2.00 bits per heavy atom. The van der Waals surface area contributed by atoms with Gasteiger partial charge in [-0.3, -0.25) is 4.79 Å². The topological polar surface area (TPSA) is 88.5 Å². The highest BCUT2D eigenvalue weighted by Gasteiger charge is 2.16. The minimum atomic E-state index is -0.400. The number of nitrogens with zero attached hydrogens (tertiary/aromatic N) is 1. The van der Waals surface area contributed by atoms with Crippen molar-refractivity contribution < 1.29 is 18.7 Å². The minimum absolute atomic E-state index is 0.0102. The average Bonchev–Trinajstić information content (AvgIpc) is 3.28. The van der Waals surface area contributed by atoms with Crippen molar-refractivity contribution in [3.05, 3.63) is 64.5 Å². The fraction of sp³-hybridized carbons (Fsp3) is 0.100. The van der Waals surface area contributed by atoms with Crippen molar-refractivity contribution in [2.75, 3.05) is 5.32 Å².